The van der Waals surface area contributed by atoms with Gasteiger partial charge in [0.15, 0.2) is 5.13 Å². The summed E-state index contributed by atoms with van der Waals surface area (Å²) < 4.78 is 16.8. The third kappa shape index (κ3) is 7.14. The molecule has 1 aliphatic rings. The van der Waals surface area contributed by atoms with Crippen LogP contribution in [0.25, 0.3) is 5.76 Å². The van der Waals surface area contributed by atoms with E-state index in [-0.39, 0.29) is 27.9 Å². The van der Waals surface area contributed by atoms with Gasteiger partial charge in [0.05, 0.1) is 30.5 Å². The number of hydrogen-bond acceptors (Lipinski definition) is 9. The number of hydrogen-bond donors (Lipinski definition) is 1. The molecule has 10 heteroatoms. The van der Waals surface area contributed by atoms with E-state index >= 15 is 0 Å². The first kappa shape index (κ1) is 31.5. The van der Waals surface area contributed by atoms with Gasteiger partial charge in [0.1, 0.15) is 28.7 Å². The summed E-state index contributed by atoms with van der Waals surface area (Å²) in [4.78, 5) is 45.8. The number of carbonyl (C=O) groups is 3. The maximum atomic E-state index is 13.6. The molecule has 2 heterocycles. The Morgan fingerprint density at radius 1 is 1.05 bits per heavy atom. The Morgan fingerprint density at radius 2 is 1.79 bits per heavy atom. The lowest BCUT2D eigenvalue weighted by atomic mass is 9.95. The number of carbonyl (C=O) groups excluding carboxylic acids is 3. The summed E-state index contributed by atoms with van der Waals surface area (Å²) in [5.41, 5.74) is 1.15. The van der Waals surface area contributed by atoms with Gasteiger partial charge < -0.3 is 19.3 Å². The zero-order valence-corrected chi connectivity index (χ0v) is 25.4. The Bertz CT molecular complexity index is 1510. The zero-order chi connectivity index (χ0) is 30.9. The molecule has 4 rings (SSSR count). The van der Waals surface area contributed by atoms with Crippen molar-refractivity contribution in [1.29, 1.82) is 0 Å². The molecule has 226 valence electrons. The summed E-state index contributed by atoms with van der Waals surface area (Å²) in [6.07, 6.45) is 5.27. The van der Waals surface area contributed by atoms with Crippen LogP contribution < -0.4 is 14.4 Å². The number of anilines is 1. The third-order valence-corrected chi connectivity index (χ3v) is 7.88. The van der Waals surface area contributed by atoms with Crippen molar-refractivity contribution in [2.45, 2.75) is 52.5 Å². The van der Waals surface area contributed by atoms with E-state index in [0.717, 1.165) is 37.0 Å². The number of rotatable bonds is 14. The van der Waals surface area contributed by atoms with Crippen molar-refractivity contribution < 1.29 is 33.7 Å². The highest BCUT2D eigenvalue weighted by Gasteiger charge is 2.48. The summed E-state index contributed by atoms with van der Waals surface area (Å²) in [5, 5.41) is 11.6. The van der Waals surface area contributed by atoms with Crippen LogP contribution in [0.2, 0.25) is 0 Å². The average molecular weight is 605 g/mol. The van der Waals surface area contributed by atoms with Crippen molar-refractivity contribution in [3.8, 4) is 11.5 Å². The van der Waals surface area contributed by atoms with E-state index in [1.165, 1.54) is 11.0 Å². The Kier molecular flexibility index (Phi) is 10.7. The number of aliphatic hydroxyl groups excluding tert-OH is 1. The minimum atomic E-state index is -1.03. The van der Waals surface area contributed by atoms with E-state index in [2.05, 4.69) is 18.5 Å². The lowest BCUT2D eigenvalue weighted by Gasteiger charge is -2.23. The first-order valence-electron chi connectivity index (χ1n) is 14.3. The van der Waals surface area contributed by atoms with Crippen molar-refractivity contribution in [3.05, 3.63) is 88.5 Å². The van der Waals surface area contributed by atoms with Gasteiger partial charge in [-0.2, -0.15) is 0 Å². The van der Waals surface area contributed by atoms with Gasteiger partial charge in [0.2, 0.25) is 0 Å². The van der Waals surface area contributed by atoms with Gasteiger partial charge in [-0.3, -0.25) is 14.5 Å². The van der Waals surface area contributed by atoms with E-state index in [0.29, 0.717) is 41.5 Å². The smallest absolute Gasteiger partial charge is 0.350 e. The summed E-state index contributed by atoms with van der Waals surface area (Å²) in [5.74, 6) is -1.49. The van der Waals surface area contributed by atoms with Gasteiger partial charge in [0.25, 0.3) is 5.78 Å². The van der Waals surface area contributed by atoms with Crippen molar-refractivity contribution in [2.75, 3.05) is 24.7 Å². The van der Waals surface area contributed by atoms with Gasteiger partial charge in [-0.15, -0.1) is 0 Å². The average Bonchev–Trinajstić information content (AvgIpc) is 3.53. The highest BCUT2D eigenvalue weighted by atomic mass is 32.1. The van der Waals surface area contributed by atoms with Crippen LogP contribution in [0.4, 0.5) is 5.13 Å². The Hall–Kier alpha value is -4.44. The number of esters is 1. The molecule has 43 heavy (non-hydrogen) atoms. The van der Waals surface area contributed by atoms with Crippen LogP contribution in [-0.4, -0.2) is 47.6 Å². The zero-order valence-electron chi connectivity index (χ0n) is 24.6. The van der Waals surface area contributed by atoms with Crippen molar-refractivity contribution >= 4 is 39.9 Å². The maximum Gasteiger partial charge on any atom is 0.350 e. The van der Waals surface area contributed by atoms with Crippen LogP contribution in [0, 0.1) is 6.92 Å². The highest BCUT2D eigenvalue weighted by molar-refractivity contribution is 7.17. The van der Waals surface area contributed by atoms with Gasteiger partial charge in [-0.05, 0) is 61.7 Å². The number of amides is 1. The fraction of sp³-hybridized carbons (Fsp3) is 0.333. The number of benzene rings is 2. The molecule has 1 N–H and O–H groups in total. The van der Waals surface area contributed by atoms with Gasteiger partial charge in [0, 0.05) is 5.56 Å². The van der Waals surface area contributed by atoms with Gasteiger partial charge >= 0.3 is 11.9 Å². The number of ketones is 1. The first-order chi connectivity index (χ1) is 20.8. The van der Waals surface area contributed by atoms with Crippen LogP contribution in [0.15, 0.2) is 66.8 Å². The molecule has 1 unspecified atom stereocenters. The van der Waals surface area contributed by atoms with Crippen molar-refractivity contribution in [3.63, 3.8) is 0 Å². The third-order valence-electron chi connectivity index (χ3n) is 6.74. The molecule has 0 bridgehead atoms. The maximum absolute atomic E-state index is 13.6. The standard InChI is InChI=1S/C33H36N2O7S/c1-5-8-9-19-41-25-12-10-11-23(20-25)27-26(28(36)22-13-15-24(16-14-22)40-17-6-2)29(37)31(38)35(27)33-34-21(4)30(43-33)32(39)42-18-7-3/h7,10-16,20,27,36H,3,5-6,8-9,17-19H2,1-2,4H3. The number of thiazole rings is 1. The van der Waals surface area contributed by atoms with Crippen LogP contribution >= 0.6 is 11.3 Å². The molecular formula is C33H36N2O7S. The Balaban J connectivity index is 1.80. The molecule has 2 aromatic carbocycles. The molecule has 1 saturated heterocycles. The minimum Gasteiger partial charge on any atom is -0.507 e. The van der Waals surface area contributed by atoms with Crippen LogP contribution in [0.3, 0.4) is 0 Å². The normalized spacial score (nSPS) is 15.9. The molecule has 0 saturated carbocycles. The topological polar surface area (TPSA) is 115 Å². The predicted molar refractivity (Wildman–Crippen MR) is 166 cm³/mol. The largest absolute Gasteiger partial charge is 0.507 e. The van der Waals surface area contributed by atoms with Crippen molar-refractivity contribution in [2.24, 2.45) is 0 Å². The summed E-state index contributed by atoms with van der Waals surface area (Å²) >= 11 is 0.943. The number of unbranched alkanes of at least 4 members (excludes halogenated alkanes) is 2. The quantitative estimate of drug-likeness (QED) is 0.0535. The van der Waals surface area contributed by atoms with E-state index in [9.17, 15) is 19.5 Å². The lowest BCUT2D eigenvalue weighted by molar-refractivity contribution is -0.132. The van der Waals surface area contributed by atoms with Gasteiger partial charge in [-0.25, -0.2) is 9.78 Å². The number of aryl methyl sites for hydroxylation is 1. The fourth-order valence-corrected chi connectivity index (χ4v) is 5.61. The molecular weight excluding hydrogens is 568 g/mol. The molecule has 9 nitrogen and oxygen atoms in total. The molecule has 1 atom stereocenters. The molecule has 3 aromatic rings. The number of nitrogens with zero attached hydrogens (tertiary/aromatic N) is 2. The Morgan fingerprint density at radius 3 is 2.49 bits per heavy atom. The second kappa shape index (κ2) is 14.6. The van der Waals surface area contributed by atoms with E-state index in [1.54, 1.807) is 55.5 Å². The number of Topliss-reactive ketones (excluding diaryl/α,β-unsaturated/α-hetero) is 1. The van der Waals surface area contributed by atoms with E-state index in [1.807, 2.05) is 6.92 Å². The lowest BCUT2D eigenvalue weighted by Crippen LogP contribution is -2.29. The summed E-state index contributed by atoms with van der Waals surface area (Å²) in [6, 6.07) is 12.7. The number of aliphatic hydroxyl groups is 1. The highest BCUT2D eigenvalue weighted by Crippen LogP contribution is 2.44. The minimum absolute atomic E-state index is 0.0172. The SMILES string of the molecule is C=CCOC(=O)c1sc(N2C(=O)C(=O)C(=C(O)c3ccc(OCCC)cc3)C2c2cccc(OCCCCC)c2)nc1C. The molecule has 1 fully saturated rings. The van der Waals surface area contributed by atoms with E-state index in [4.69, 9.17) is 14.2 Å². The first-order valence-corrected chi connectivity index (χ1v) is 15.1. The monoisotopic (exact) mass is 604 g/mol. The summed E-state index contributed by atoms with van der Waals surface area (Å²) in [6.45, 7) is 10.4. The molecule has 0 aliphatic carbocycles. The van der Waals surface area contributed by atoms with Crippen molar-refractivity contribution in [1.82, 2.24) is 4.98 Å². The second-order valence-corrected chi connectivity index (χ2v) is 10.9. The molecule has 1 aromatic heterocycles. The van der Waals surface area contributed by atoms with Gasteiger partial charge in [-0.1, -0.05) is 62.8 Å². The summed E-state index contributed by atoms with van der Waals surface area (Å²) in [7, 11) is 0. The fourth-order valence-electron chi connectivity index (χ4n) is 4.62. The molecule has 1 amide bonds. The predicted octanol–water partition coefficient (Wildman–Crippen LogP) is 6.78. The molecule has 1 aliphatic heterocycles. The second-order valence-electron chi connectivity index (χ2n) is 9.97. The Labute approximate surface area is 255 Å². The van der Waals surface area contributed by atoms with Crippen LogP contribution in [0.5, 0.6) is 11.5 Å². The molecule has 0 radical (unpaired) electrons. The van der Waals surface area contributed by atoms with Crippen LogP contribution in [0.1, 0.15) is 72.1 Å². The molecule has 0 spiro atoms. The van der Waals surface area contributed by atoms with Crippen LogP contribution in [-0.2, 0) is 14.3 Å². The number of aromatic nitrogens is 1. The van der Waals surface area contributed by atoms with E-state index < -0.39 is 23.7 Å². The number of ether oxygens (including phenoxy) is 3.